The van der Waals surface area contributed by atoms with Crippen LogP contribution in [0.2, 0.25) is 0 Å². The van der Waals surface area contributed by atoms with E-state index < -0.39 is 0 Å². The summed E-state index contributed by atoms with van der Waals surface area (Å²) in [6, 6.07) is 7.58. The monoisotopic (exact) mass is 252 g/mol. The van der Waals surface area contributed by atoms with E-state index in [-0.39, 0.29) is 6.09 Å². The van der Waals surface area contributed by atoms with Crippen LogP contribution in [0.3, 0.4) is 0 Å². The average Bonchev–Trinajstić information content (AvgIpc) is 2.39. The predicted molar refractivity (Wildman–Crippen MR) is 69.5 cm³/mol. The fraction of sp³-hybridized carbons (Fsp3) is 0.462. The van der Waals surface area contributed by atoms with Gasteiger partial charge in [0.05, 0.1) is 20.3 Å². The largest absolute Gasteiger partial charge is 0.496 e. The van der Waals surface area contributed by atoms with E-state index in [1.165, 1.54) is 0 Å². The summed E-state index contributed by atoms with van der Waals surface area (Å²) in [7, 11) is 1.61. The molecule has 100 valence electrons. The molecule has 0 saturated heterocycles. The van der Waals surface area contributed by atoms with Gasteiger partial charge in [-0.25, -0.2) is 4.79 Å². The Morgan fingerprint density at radius 1 is 1.39 bits per heavy atom. The van der Waals surface area contributed by atoms with Crippen molar-refractivity contribution in [3.63, 3.8) is 0 Å². The maximum Gasteiger partial charge on any atom is 0.410 e. The first-order valence-corrected chi connectivity index (χ1v) is 5.96. The number of methoxy groups -OCH3 is 1. The molecular formula is C13H20N2O3. The number of nitrogens with zero attached hydrogens (tertiary/aromatic N) is 1. The topological polar surface area (TPSA) is 64.8 Å². The lowest BCUT2D eigenvalue weighted by atomic mass is 10.2. The van der Waals surface area contributed by atoms with Crippen LogP contribution in [0.25, 0.3) is 0 Å². The van der Waals surface area contributed by atoms with Crippen molar-refractivity contribution in [3.05, 3.63) is 29.8 Å². The molecule has 0 aromatic heterocycles. The molecule has 0 heterocycles. The van der Waals surface area contributed by atoms with E-state index >= 15 is 0 Å². The van der Waals surface area contributed by atoms with E-state index in [4.69, 9.17) is 15.2 Å². The predicted octanol–water partition coefficient (Wildman–Crippen LogP) is 1.61. The Morgan fingerprint density at radius 2 is 2.11 bits per heavy atom. The third-order valence-corrected chi connectivity index (χ3v) is 2.48. The molecule has 2 N–H and O–H groups in total. The number of hydrogen-bond donors (Lipinski definition) is 1. The number of nitrogens with two attached hydrogens (primary N) is 1. The van der Waals surface area contributed by atoms with Crippen LogP contribution in [-0.2, 0) is 11.3 Å². The molecule has 0 aliphatic rings. The molecule has 1 aromatic rings. The van der Waals surface area contributed by atoms with E-state index in [1.54, 1.807) is 18.9 Å². The molecule has 1 rings (SSSR count). The van der Waals surface area contributed by atoms with Crippen molar-refractivity contribution < 1.29 is 14.3 Å². The van der Waals surface area contributed by atoms with Gasteiger partial charge < -0.3 is 20.1 Å². The molecule has 1 aromatic carbocycles. The number of hydrogen-bond acceptors (Lipinski definition) is 4. The second-order valence-electron chi connectivity index (χ2n) is 3.72. The highest BCUT2D eigenvalue weighted by atomic mass is 16.6. The number of carbonyl (C=O) groups excluding carboxylic acids is 1. The van der Waals surface area contributed by atoms with Crippen LogP contribution in [0.5, 0.6) is 5.75 Å². The van der Waals surface area contributed by atoms with Crippen molar-refractivity contribution in [2.24, 2.45) is 5.73 Å². The SMILES string of the molecule is CCOC(=O)N(CCN)Cc1ccccc1OC. The van der Waals surface area contributed by atoms with Crippen molar-refractivity contribution >= 4 is 6.09 Å². The maximum atomic E-state index is 11.7. The van der Waals surface area contributed by atoms with Crippen molar-refractivity contribution in [3.8, 4) is 5.75 Å². The Kier molecular flexibility index (Phi) is 6.00. The van der Waals surface area contributed by atoms with E-state index in [0.717, 1.165) is 11.3 Å². The van der Waals surface area contributed by atoms with Crippen LogP contribution < -0.4 is 10.5 Å². The highest BCUT2D eigenvalue weighted by Crippen LogP contribution is 2.19. The highest BCUT2D eigenvalue weighted by Gasteiger charge is 2.15. The highest BCUT2D eigenvalue weighted by molar-refractivity contribution is 5.67. The molecule has 0 unspecified atom stereocenters. The first kappa shape index (κ1) is 14.3. The van der Waals surface area contributed by atoms with E-state index in [0.29, 0.717) is 26.2 Å². The molecule has 0 radical (unpaired) electrons. The van der Waals surface area contributed by atoms with Gasteiger partial charge in [-0.05, 0) is 13.0 Å². The minimum absolute atomic E-state index is 0.353. The van der Waals surface area contributed by atoms with E-state index in [9.17, 15) is 4.79 Å². The summed E-state index contributed by atoms with van der Waals surface area (Å²) < 4.78 is 10.2. The van der Waals surface area contributed by atoms with Gasteiger partial charge in [0.25, 0.3) is 0 Å². The molecule has 0 spiro atoms. The van der Waals surface area contributed by atoms with Crippen molar-refractivity contribution in [1.82, 2.24) is 4.90 Å². The summed E-state index contributed by atoms with van der Waals surface area (Å²) in [4.78, 5) is 13.3. The van der Waals surface area contributed by atoms with E-state index in [1.807, 2.05) is 24.3 Å². The quantitative estimate of drug-likeness (QED) is 0.835. The zero-order chi connectivity index (χ0) is 13.4. The Labute approximate surface area is 107 Å². The van der Waals surface area contributed by atoms with Gasteiger partial charge in [0.1, 0.15) is 5.75 Å². The summed E-state index contributed by atoms with van der Waals surface area (Å²) in [6.07, 6.45) is -0.353. The standard InChI is InChI=1S/C13H20N2O3/c1-3-18-13(16)15(9-8-14)10-11-6-4-5-7-12(11)17-2/h4-7H,3,8-10,14H2,1-2H3. The number of carbonyl (C=O) groups is 1. The summed E-state index contributed by atoms with van der Waals surface area (Å²) in [6.45, 7) is 3.42. The van der Waals surface area contributed by atoms with Gasteiger partial charge in [-0.1, -0.05) is 18.2 Å². The van der Waals surface area contributed by atoms with Gasteiger partial charge in [-0.15, -0.1) is 0 Å². The first-order valence-electron chi connectivity index (χ1n) is 5.96. The number of benzene rings is 1. The Balaban J connectivity index is 2.79. The smallest absolute Gasteiger partial charge is 0.410 e. The lowest BCUT2D eigenvalue weighted by Crippen LogP contribution is -2.35. The zero-order valence-electron chi connectivity index (χ0n) is 10.9. The Morgan fingerprint density at radius 3 is 2.72 bits per heavy atom. The molecular weight excluding hydrogens is 232 g/mol. The Hall–Kier alpha value is -1.75. The molecule has 0 aliphatic heterocycles. The fourth-order valence-electron chi connectivity index (χ4n) is 1.64. The molecule has 0 fully saturated rings. The fourth-order valence-corrected chi connectivity index (χ4v) is 1.64. The van der Waals surface area contributed by atoms with Crippen molar-refractivity contribution in [1.29, 1.82) is 0 Å². The van der Waals surface area contributed by atoms with Gasteiger partial charge in [0, 0.05) is 18.7 Å². The van der Waals surface area contributed by atoms with Gasteiger partial charge in [-0.3, -0.25) is 0 Å². The molecule has 1 amide bonds. The summed E-state index contributed by atoms with van der Waals surface area (Å²) in [5, 5.41) is 0. The van der Waals surface area contributed by atoms with Crippen LogP contribution in [0.15, 0.2) is 24.3 Å². The molecule has 0 bridgehead atoms. The normalized spacial score (nSPS) is 9.94. The summed E-state index contributed by atoms with van der Waals surface area (Å²) >= 11 is 0. The summed E-state index contributed by atoms with van der Waals surface area (Å²) in [5.41, 5.74) is 6.44. The molecule has 0 saturated carbocycles. The summed E-state index contributed by atoms with van der Waals surface area (Å²) in [5.74, 6) is 0.754. The third-order valence-electron chi connectivity index (χ3n) is 2.48. The van der Waals surface area contributed by atoms with Crippen molar-refractivity contribution in [2.45, 2.75) is 13.5 Å². The van der Waals surface area contributed by atoms with Gasteiger partial charge in [0.2, 0.25) is 0 Å². The average molecular weight is 252 g/mol. The maximum absolute atomic E-state index is 11.7. The van der Waals surface area contributed by atoms with Crippen LogP contribution >= 0.6 is 0 Å². The second-order valence-corrected chi connectivity index (χ2v) is 3.72. The molecule has 0 atom stereocenters. The van der Waals surface area contributed by atoms with Crippen molar-refractivity contribution in [2.75, 3.05) is 26.8 Å². The van der Waals surface area contributed by atoms with Gasteiger partial charge >= 0.3 is 6.09 Å². The van der Waals surface area contributed by atoms with Gasteiger partial charge in [-0.2, -0.15) is 0 Å². The number of amides is 1. The van der Waals surface area contributed by atoms with Crippen LogP contribution in [0.4, 0.5) is 4.79 Å². The van der Waals surface area contributed by atoms with Crippen LogP contribution in [0, 0.1) is 0 Å². The van der Waals surface area contributed by atoms with Crippen LogP contribution in [0.1, 0.15) is 12.5 Å². The molecule has 0 aliphatic carbocycles. The van der Waals surface area contributed by atoms with Gasteiger partial charge in [0.15, 0.2) is 0 Å². The lowest BCUT2D eigenvalue weighted by Gasteiger charge is -2.22. The number of ether oxygens (including phenoxy) is 2. The minimum Gasteiger partial charge on any atom is -0.496 e. The number of rotatable bonds is 6. The Bertz CT molecular complexity index is 382. The first-order chi connectivity index (χ1) is 8.72. The minimum atomic E-state index is -0.353. The molecule has 18 heavy (non-hydrogen) atoms. The van der Waals surface area contributed by atoms with E-state index in [2.05, 4.69) is 0 Å². The lowest BCUT2D eigenvalue weighted by molar-refractivity contribution is 0.105. The number of para-hydroxylation sites is 1. The third kappa shape index (κ3) is 3.92. The van der Waals surface area contributed by atoms with Crippen LogP contribution in [-0.4, -0.2) is 37.8 Å². The zero-order valence-corrected chi connectivity index (χ0v) is 10.9. The second kappa shape index (κ2) is 7.55. The molecule has 5 heteroatoms. The molecule has 5 nitrogen and oxygen atoms in total.